The molecule has 0 aromatic carbocycles. The van der Waals surface area contributed by atoms with E-state index in [4.69, 9.17) is 15.2 Å². The van der Waals surface area contributed by atoms with E-state index in [1.165, 1.54) is 39.8 Å². The fraction of sp³-hybridized carbons (Fsp3) is 0.583. The van der Waals surface area contributed by atoms with Crippen LogP contribution in [0.15, 0.2) is 21.8 Å². The summed E-state index contributed by atoms with van der Waals surface area (Å²) in [4.78, 5) is 58.8. The minimum atomic E-state index is -0.826. The van der Waals surface area contributed by atoms with Crippen LogP contribution in [0.25, 0.3) is 0 Å². The predicted molar refractivity (Wildman–Crippen MR) is 170 cm³/mol. The van der Waals surface area contributed by atoms with Crippen LogP contribution in [0.1, 0.15) is 26.5 Å². The average Bonchev–Trinajstić information content (AvgIpc) is 3.55. The van der Waals surface area contributed by atoms with Crippen molar-refractivity contribution in [2.24, 2.45) is 5.41 Å². The number of ether oxygens (including phenoxy) is 2. The van der Waals surface area contributed by atoms with Crippen molar-refractivity contribution in [1.82, 2.24) is 40.3 Å². The van der Waals surface area contributed by atoms with Gasteiger partial charge in [0.25, 0.3) is 5.91 Å². The van der Waals surface area contributed by atoms with E-state index in [0.717, 1.165) is 6.54 Å². The Balaban J connectivity index is 0.00000337. The van der Waals surface area contributed by atoms with Crippen LogP contribution in [0.4, 0.5) is 5.13 Å². The number of hydrogen-bond acceptors (Lipinski definition) is 15. The lowest BCUT2D eigenvalue weighted by atomic mass is 9.98. The van der Waals surface area contributed by atoms with Gasteiger partial charge in [0, 0.05) is 23.4 Å². The van der Waals surface area contributed by atoms with E-state index >= 15 is 0 Å². The standard InChI is InChI=1S/C24H33N9O6S3.2ClH/c1-24(2,3)21(37)39-12-38-20(36)17-13(10-42-23-28-29-30-32(23)7-6-31(4)5)9-40-19-16(18(35)33(17)19)27-15(34)8-14-11-41-22(25)26-14;;/h11,16,19H,6-10,12H2,1-5H3,(H2,25,26)(H,27,34);2*1H/t16-,19-;;/m1../s1. The van der Waals surface area contributed by atoms with Crippen molar-refractivity contribution in [3.63, 3.8) is 0 Å². The average molecular weight is 713 g/mol. The zero-order valence-corrected chi connectivity index (χ0v) is 28.8. The number of nitrogens with one attached hydrogen (secondary N) is 1. The maximum atomic E-state index is 13.3. The molecule has 0 aliphatic carbocycles. The number of hydrogen-bond donors (Lipinski definition) is 2. The van der Waals surface area contributed by atoms with Crippen molar-refractivity contribution in [3.8, 4) is 0 Å². The number of nitrogen functional groups attached to an aromatic ring is 1. The Bertz CT molecular complexity index is 1380. The summed E-state index contributed by atoms with van der Waals surface area (Å²) in [6, 6.07) is -0.826. The minimum Gasteiger partial charge on any atom is -0.427 e. The highest BCUT2D eigenvalue weighted by molar-refractivity contribution is 8.01. The molecule has 0 bridgehead atoms. The molecule has 1 fully saturated rings. The van der Waals surface area contributed by atoms with Crippen LogP contribution in [0.5, 0.6) is 0 Å². The van der Waals surface area contributed by atoms with Crippen molar-refractivity contribution >= 4 is 88.6 Å². The minimum absolute atomic E-state index is 0. The molecule has 0 spiro atoms. The smallest absolute Gasteiger partial charge is 0.357 e. The Hall–Kier alpha value is -2.64. The Kier molecular flexibility index (Phi) is 13.7. The molecule has 244 valence electrons. The first-order chi connectivity index (χ1) is 19.8. The topological polar surface area (TPSA) is 188 Å². The number of nitrogens with zero attached hydrogens (tertiary/aromatic N) is 7. The molecule has 44 heavy (non-hydrogen) atoms. The van der Waals surface area contributed by atoms with Gasteiger partial charge < -0.3 is 25.4 Å². The number of tetrazole rings is 1. The quantitative estimate of drug-likeness (QED) is 0.138. The molecular formula is C24H35Cl2N9O6S3. The van der Waals surface area contributed by atoms with Gasteiger partial charge in [0.2, 0.25) is 17.9 Å². The highest BCUT2D eigenvalue weighted by Gasteiger charge is 2.54. The number of likely N-dealkylation sites (N-methyl/N-ethyl adjacent to an activating group) is 1. The summed E-state index contributed by atoms with van der Waals surface area (Å²) in [5.41, 5.74) is 6.07. The first-order valence-electron chi connectivity index (χ1n) is 12.9. The highest BCUT2D eigenvalue weighted by atomic mass is 35.5. The summed E-state index contributed by atoms with van der Waals surface area (Å²) >= 11 is 3.98. The summed E-state index contributed by atoms with van der Waals surface area (Å²) < 4.78 is 12.1. The summed E-state index contributed by atoms with van der Waals surface area (Å²) in [7, 11) is 3.89. The molecule has 20 heteroatoms. The number of thiazole rings is 1. The Morgan fingerprint density at radius 3 is 2.59 bits per heavy atom. The molecule has 1 saturated heterocycles. The van der Waals surface area contributed by atoms with Crippen molar-refractivity contribution in [2.75, 3.05) is 44.7 Å². The molecule has 2 amide bonds. The number of nitrogens with two attached hydrogens (primary N) is 1. The number of carbonyl (C=O) groups excluding carboxylic acids is 4. The largest absolute Gasteiger partial charge is 0.427 e. The van der Waals surface area contributed by atoms with Gasteiger partial charge in [-0.05, 0) is 50.9 Å². The third-order valence-corrected chi connectivity index (χ3v) is 9.20. The van der Waals surface area contributed by atoms with Crippen LogP contribution >= 0.6 is 59.7 Å². The molecule has 2 aliphatic rings. The second-order valence-electron chi connectivity index (χ2n) is 10.8. The molecule has 2 aliphatic heterocycles. The molecule has 2 aromatic rings. The van der Waals surface area contributed by atoms with Crippen molar-refractivity contribution in [1.29, 1.82) is 0 Å². The van der Waals surface area contributed by atoms with E-state index in [0.29, 0.717) is 39.6 Å². The van der Waals surface area contributed by atoms with Gasteiger partial charge in [0.15, 0.2) is 5.13 Å². The second kappa shape index (κ2) is 16.1. The molecular weight excluding hydrogens is 677 g/mol. The first-order valence-corrected chi connectivity index (χ1v) is 15.8. The highest BCUT2D eigenvalue weighted by Crippen LogP contribution is 2.42. The molecule has 4 rings (SSSR count). The zero-order valence-electron chi connectivity index (χ0n) is 24.7. The molecule has 4 heterocycles. The Morgan fingerprint density at radius 1 is 1.23 bits per heavy atom. The maximum absolute atomic E-state index is 13.3. The van der Waals surface area contributed by atoms with E-state index in [1.807, 2.05) is 19.0 Å². The number of fused-ring (bicyclic) bond motifs is 1. The second-order valence-corrected chi connectivity index (χ2v) is 13.7. The van der Waals surface area contributed by atoms with Crippen molar-refractivity contribution in [3.05, 3.63) is 22.3 Å². The summed E-state index contributed by atoms with van der Waals surface area (Å²) in [5, 5.41) is 16.7. The maximum Gasteiger partial charge on any atom is 0.357 e. The number of anilines is 1. The molecule has 0 saturated carbocycles. The van der Waals surface area contributed by atoms with E-state index in [2.05, 4.69) is 25.8 Å². The van der Waals surface area contributed by atoms with Gasteiger partial charge in [-0.2, -0.15) is 0 Å². The van der Waals surface area contributed by atoms with Gasteiger partial charge in [-0.3, -0.25) is 19.3 Å². The first kappa shape index (κ1) is 37.5. The van der Waals surface area contributed by atoms with Gasteiger partial charge in [-0.15, -0.1) is 53.0 Å². The number of aromatic nitrogens is 5. The lowest BCUT2D eigenvalue weighted by molar-refractivity contribution is -0.173. The summed E-state index contributed by atoms with van der Waals surface area (Å²) in [6.07, 6.45) is -0.0246. The summed E-state index contributed by atoms with van der Waals surface area (Å²) in [6.45, 7) is 5.75. The van der Waals surface area contributed by atoms with E-state index in [9.17, 15) is 19.2 Å². The van der Waals surface area contributed by atoms with Crippen LogP contribution in [0.2, 0.25) is 0 Å². The third-order valence-electron chi connectivity index (χ3n) is 6.09. The SMILES string of the molecule is CN(C)CCn1nnnc1SCC1=C(C(=O)OCOC(=O)C(C)(C)C)N2C(=O)[C@@H](NC(=O)Cc3csc(N)n3)[C@H]2SC1.Cl.Cl. The Morgan fingerprint density at radius 2 is 1.95 bits per heavy atom. The number of thioether (sulfide) groups is 2. The van der Waals surface area contributed by atoms with Gasteiger partial charge in [-0.25, -0.2) is 14.5 Å². The predicted octanol–water partition coefficient (Wildman–Crippen LogP) is 1.20. The third kappa shape index (κ3) is 9.20. The molecule has 2 atom stereocenters. The Labute approximate surface area is 279 Å². The summed E-state index contributed by atoms with van der Waals surface area (Å²) in [5.74, 6) is -1.48. The monoisotopic (exact) mass is 711 g/mol. The normalized spacial score (nSPS) is 17.7. The number of esters is 2. The van der Waals surface area contributed by atoms with E-state index in [-0.39, 0.29) is 42.8 Å². The van der Waals surface area contributed by atoms with Gasteiger partial charge >= 0.3 is 11.9 Å². The van der Waals surface area contributed by atoms with Crippen molar-refractivity contribution < 1.29 is 28.7 Å². The van der Waals surface area contributed by atoms with Gasteiger partial charge in [-0.1, -0.05) is 11.8 Å². The number of amides is 2. The van der Waals surface area contributed by atoms with Gasteiger partial charge in [0.05, 0.1) is 24.1 Å². The van der Waals surface area contributed by atoms with Crippen LogP contribution in [0, 0.1) is 5.41 Å². The van der Waals surface area contributed by atoms with Crippen LogP contribution in [0.3, 0.4) is 0 Å². The molecule has 0 unspecified atom stereocenters. The van der Waals surface area contributed by atoms with E-state index in [1.54, 1.807) is 30.8 Å². The fourth-order valence-corrected chi connectivity index (χ4v) is 6.83. The van der Waals surface area contributed by atoms with E-state index < -0.39 is 41.5 Å². The van der Waals surface area contributed by atoms with Crippen molar-refractivity contribution in [2.45, 2.75) is 50.3 Å². The fourth-order valence-electron chi connectivity index (χ4n) is 3.88. The molecule has 15 nitrogen and oxygen atoms in total. The molecule has 3 N–H and O–H groups in total. The van der Waals surface area contributed by atoms with Crippen LogP contribution in [-0.4, -0.2) is 109 Å². The van der Waals surface area contributed by atoms with Gasteiger partial charge in [0.1, 0.15) is 17.1 Å². The number of β-lactam (4-membered cyclic amide) rings is 1. The van der Waals surface area contributed by atoms with Crippen LogP contribution < -0.4 is 11.1 Å². The number of halogens is 2. The van der Waals surface area contributed by atoms with Crippen LogP contribution in [-0.2, 0) is 41.6 Å². The zero-order chi connectivity index (χ0) is 30.6. The lowest BCUT2D eigenvalue weighted by Crippen LogP contribution is -2.70. The molecule has 0 radical (unpaired) electrons. The molecule has 2 aromatic heterocycles. The number of rotatable bonds is 12. The lowest BCUT2D eigenvalue weighted by Gasteiger charge is -2.49. The number of carbonyl (C=O) groups is 4.